The Morgan fingerprint density at radius 3 is 2.59 bits per heavy atom. The van der Waals surface area contributed by atoms with Gasteiger partial charge in [-0.05, 0) is 35.8 Å². The highest BCUT2D eigenvalue weighted by Crippen LogP contribution is 2.23. The highest BCUT2D eigenvalue weighted by atomic mass is 19.1. The maximum absolute atomic E-state index is 13.6. The van der Waals surface area contributed by atoms with Crippen molar-refractivity contribution in [3.63, 3.8) is 0 Å². The van der Waals surface area contributed by atoms with Crippen molar-refractivity contribution in [3.05, 3.63) is 75.1 Å². The highest BCUT2D eigenvalue weighted by Gasteiger charge is 2.13. The summed E-state index contributed by atoms with van der Waals surface area (Å²) < 4.78 is 13.6. The van der Waals surface area contributed by atoms with E-state index in [1.807, 2.05) is 0 Å². The van der Waals surface area contributed by atoms with Crippen LogP contribution in [0.25, 0.3) is 11.6 Å². The van der Waals surface area contributed by atoms with Gasteiger partial charge in [0.25, 0.3) is 5.69 Å². The molecule has 5 nitrogen and oxygen atoms in total. The van der Waals surface area contributed by atoms with Crippen LogP contribution in [0.15, 0.2) is 42.5 Å². The maximum Gasteiger partial charge on any atom is 0.336 e. The van der Waals surface area contributed by atoms with Gasteiger partial charge in [-0.2, -0.15) is 0 Å². The molecule has 0 saturated heterocycles. The maximum atomic E-state index is 13.6. The second-order valence-electron chi connectivity index (χ2n) is 4.68. The van der Waals surface area contributed by atoms with Gasteiger partial charge in [-0.25, -0.2) is 9.18 Å². The molecule has 6 heteroatoms. The summed E-state index contributed by atoms with van der Waals surface area (Å²) in [5.41, 5.74) is 0.673. The van der Waals surface area contributed by atoms with Gasteiger partial charge in [-0.15, -0.1) is 0 Å². The fourth-order valence-corrected chi connectivity index (χ4v) is 1.92. The molecule has 22 heavy (non-hydrogen) atoms. The molecule has 112 valence electrons. The molecule has 0 radical (unpaired) electrons. The summed E-state index contributed by atoms with van der Waals surface area (Å²) in [6, 6.07) is 9.67. The van der Waals surface area contributed by atoms with E-state index in [-0.39, 0.29) is 16.8 Å². The van der Waals surface area contributed by atoms with Gasteiger partial charge in [0.1, 0.15) is 5.82 Å². The highest BCUT2D eigenvalue weighted by molar-refractivity contribution is 6.20. The number of carboxylic acids is 1. The van der Waals surface area contributed by atoms with Gasteiger partial charge in [-0.1, -0.05) is 24.3 Å². The lowest BCUT2D eigenvalue weighted by Gasteiger charge is -2.05. The molecule has 0 saturated carbocycles. The Labute approximate surface area is 125 Å². The van der Waals surface area contributed by atoms with E-state index < -0.39 is 16.7 Å². The molecular formula is C16H12FNO4. The van der Waals surface area contributed by atoms with Crippen LogP contribution in [0.3, 0.4) is 0 Å². The molecule has 0 spiro atoms. The van der Waals surface area contributed by atoms with Gasteiger partial charge >= 0.3 is 5.97 Å². The van der Waals surface area contributed by atoms with Crippen molar-refractivity contribution in [3.8, 4) is 0 Å². The molecule has 0 aliphatic rings. The molecule has 0 heterocycles. The SMILES string of the molecule is Cc1ccc(/C(=C/c2cccc([N+](=O)[O-])c2)C(=O)O)cc1F. The minimum absolute atomic E-state index is 0.139. The van der Waals surface area contributed by atoms with Crippen LogP contribution in [-0.2, 0) is 4.79 Å². The lowest BCUT2D eigenvalue weighted by atomic mass is 10.0. The van der Waals surface area contributed by atoms with Gasteiger partial charge in [0.2, 0.25) is 0 Å². The van der Waals surface area contributed by atoms with E-state index in [0.29, 0.717) is 11.1 Å². The number of aryl methyl sites for hydroxylation is 1. The minimum Gasteiger partial charge on any atom is -0.478 e. The van der Waals surface area contributed by atoms with Gasteiger partial charge in [0, 0.05) is 12.1 Å². The molecule has 0 fully saturated rings. The Bertz CT molecular complexity index is 783. The molecule has 2 aromatic carbocycles. The quantitative estimate of drug-likeness (QED) is 0.404. The van der Waals surface area contributed by atoms with Crippen molar-refractivity contribution in [2.45, 2.75) is 6.92 Å². The number of halogens is 1. The Kier molecular flexibility index (Phi) is 4.31. The van der Waals surface area contributed by atoms with Crippen molar-refractivity contribution in [2.24, 2.45) is 0 Å². The number of aliphatic carboxylic acids is 1. The number of carboxylic acid groups (broad SMARTS) is 1. The number of hydrogen-bond acceptors (Lipinski definition) is 3. The van der Waals surface area contributed by atoms with E-state index in [9.17, 15) is 24.4 Å². The average Bonchev–Trinajstić information content (AvgIpc) is 2.48. The summed E-state index contributed by atoms with van der Waals surface area (Å²) in [4.78, 5) is 21.6. The predicted octanol–water partition coefficient (Wildman–Crippen LogP) is 3.67. The minimum atomic E-state index is -1.24. The van der Waals surface area contributed by atoms with Crippen LogP contribution in [0.5, 0.6) is 0 Å². The average molecular weight is 301 g/mol. The molecule has 0 atom stereocenters. The first-order valence-corrected chi connectivity index (χ1v) is 6.34. The topological polar surface area (TPSA) is 80.4 Å². The van der Waals surface area contributed by atoms with Crippen LogP contribution in [0, 0.1) is 22.9 Å². The van der Waals surface area contributed by atoms with Gasteiger partial charge < -0.3 is 5.11 Å². The van der Waals surface area contributed by atoms with Crippen molar-refractivity contribution in [1.29, 1.82) is 0 Å². The molecule has 0 unspecified atom stereocenters. The van der Waals surface area contributed by atoms with Crippen LogP contribution < -0.4 is 0 Å². The third kappa shape index (κ3) is 3.35. The Morgan fingerprint density at radius 2 is 2.00 bits per heavy atom. The van der Waals surface area contributed by atoms with Crippen molar-refractivity contribution >= 4 is 23.3 Å². The molecule has 1 N–H and O–H groups in total. The van der Waals surface area contributed by atoms with Crippen molar-refractivity contribution < 1.29 is 19.2 Å². The molecule has 0 amide bonds. The lowest BCUT2D eigenvalue weighted by molar-refractivity contribution is -0.384. The van der Waals surface area contributed by atoms with Crippen LogP contribution >= 0.6 is 0 Å². The number of carbonyl (C=O) groups is 1. The van der Waals surface area contributed by atoms with Gasteiger partial charge in [0.05, 0.1) is 10.5 Å². The van der Waals surface area contributed by atoms with Crippen LogP contribution in [0.4, 0.5) is 10.1 Å². The zero-order chi connectivity index (χ0) is 16.3. The van der Waals surface area contributed by atoms with E-state index in [1.165, 1.54) is 36.4 Å². The Morgan fingerprint density at radius 1 is 1.27 bits per heavy atom. The second-order valence-corrected chi connectivity index (χ2v) is 4.68. The molecule has 0 aromatic heterocycles. The van der Waals surface area contributed by atoms with E-state index >= 15 is 0 Å². The number of nitro groups is 1. The van der Waals surface area contributed by atoms with Crippen molar-refractivity contribution in [2.75, 3.05) is 0 Å². The second kappa shape index (κ2) is 6.17. The fraction of sp³-hybridized carbons (Fsp3) is 0.0625. The number of nitrogens with zero attached hydrogens (tertiary/aromatic N) is 1. The molecule has 0 aliphatic heterocycles. The monoisotopic (exact) mass is 301 g/mol. The summed E-state index contributed by atoms with van der Waals surface area (Å²) in [5.74, 6) is -1.75. The molecule has 2 aromatic rings. The summed E-state index contributed by atoms with van der Waals surface area (Å²) >= 11 is 0. The lowest BCUT2D eigenvalue weighted by Crippen LogP contribution is -2.01. The van der Waals surface area contributed by atoms with Gasteiger partial charge in [-0.3, -0.25) is 10.1 Å². The number of hydrogen-bond donors (Lipinski definition) is 1. The third-order valence-electron chi connectivity index (χ3n) is 3.11. The third-order valence-corrected chi connectivity index (χ3v) is 3.11. The number of rotatable bonds is 4. The van der Waals surface area contributed by atoms with Crippen molar-refractivity contribution in [1.82, 2.24) is 0 Å². The molecular weight excluding hydrogens is 289 g/mol. The number of nitro benzene ring substituents is 1. The number of non-ortho nitro benzene ring substituents is 1. The summed E-state index contributed by atoms with van der Waals surface area (Å²) in [6.07, 6.45) is 1.28. The zero-order valence-corrected chi connectivity index (χ0v) is 11.6. The summed E-state index contributed by atoms with van der Waals surface area (Å²) in [7, 11) is 0. The fourth-order valence-electron chi connectivity index (χ4n) is 1.92. The van der Waals surface area contributed by atoms with Crippen LogP contribution in [-0.4, -0.2) is 16.0 Å². The standard InChI is InChI=1S/C16H12FNO4/c1-10-5-6-12(9-15(10)17)14(16(19)20)8-11-3-2-4-13(7-11)18(21)22/h2-9H,1H3,(H,19,20)/b14-8-. The summed E-state index contributed by atoms with van der Waals surface area (Å²) in [6.45, 7) is 1.57. The first-order valence-electron chi connectivity index (χ1n) is 6.34. The van der Waals surface area contributed by atoms with Crippen LogP contribution in [0.1, 0.15) is 16.7 Å². The largest absolute Gasteiger partial charge is 0.478 e. The summed E-state index contributed by atoms with van der Waals surface area (Å²) in [5, 5.41) is 20.0. The van der Waals surface area contributed by atoms with E-state index in [0.717, 1.165) is 6.07 Å². The smallest absolute Gasteiger partial charge is 0.336 e. The zero-order valence-electron chi connectivity index (χ0n) is 11.6. The van der Waals surface area contributed by atoms with Gasteiger partial charge in [0.15, 0.2) is 0 Å². The normalized spacial score (nSPS) is 11.3. The van der Waals surface area contributed by atoms with Crippen LogP contribution in [0.2, 0.25) is 0 Å². The first-order chi connectivity index (χ1) is 10.4. The Hall–Kier alpha value is -3.02. The predicted molar refractivity (Wildman–Crippen MR) is 79.7 cm³/mol. The Balaban J connectivity index is 2.52. The van der Waals surface area contributed by atoms with E-state index in [2.05, 4.69) is 0 Å². The molecule has 0 bridgehead atoms. The first kappa shape index (κ1) is 15.4. The van der Waals surface area contributed by atoms with E-state index in [1.54, 1.807) is 13.0 Å². The molecule has 0 aliphatic carbocycles. The number of benzene rings is 2. The molecule has 2 rings (SSSR count). The van der Waals surface area contributed by atoms with E-state index in [4.69, 9.17) is 0 Å².